The van der Waals surface area contributed by atoms with Crippen LogP contribution in [0.5, 0.6) is 0 Å². The summed E-state index contributed by atoms with van der Waals surface area (Å²) < 4.78 is 5.36. The Kier molecular flexibility index (Phi) is 7.07. The fourth-order valence-electron chi connectivity index (χ4n) is 9.23. The lowest BCUT2D eigenvalue weighted by molar-refractivity contribution is 1.64. The molecule has 12 aromatic rings. The predicted octanol–water partition coefficient (Wildman–Crippen LogP) is 16.5. The van der Waals surface area contributed by atoms with Crippen LogP contribution < -0.4 is 0 Å². The van der Waals surface area contributed by atoms with Gasteiger partial charge in [0.15, 0.2) is 0 Å². The third-order valence-electron chi connectivity index (χ3n) is 11.7. The number of benzene rings is 10. The smallest absolute Gasteiger partial charge is 0.0434 e. The van der Waals surface area contributed by atoms with Crippen molar-refractivity contribution in [1.29, 1.82) is 0 Å². The van der Waals surface area contributed by atoms with E-state index in [2.05, 4.69) is 194 Å². The highest BCUT2D eigenvalue weighted by atomic mass is 32.1. The lowest BCUT2D eigenvalue weighted by atomic mass is 9.83. The van der Waals surface area contributed by atoms with Gasteiger partial charge in [0, 0.05) is 45.9 Å². The Morgan fingerprint density at radius 3 is 1.18 bits per heavy atom. The van der Waals surface area contributed by atoms with E-state index >= 15 is 0 Å². The molecule has 0 aliphatic rings. The van der Waals surface area contributed by atoms with E-state index in [-0.39, 0.29) is 0 Å². The molecule has 0 fully saturated rings. The van der Waals surface area contributed by atoms with Crippen molar-refractivity contribution in [2.24, 2.45) is 0 Å². The topological polar surface area (TPSA) is 0 Å². The normalized spacial score (nSPS) is 11.9. The molecule has 0 saturated carbocycles. The van der Waals surface area contributed by atoms with Crippen molar-refractivity contribution in [3.05, 3.63) is 194 Å². The number of hydrogen-bond acceptors (Lipinski definition) is 2. The molecule has 2 aromatic heterocycles. The molecule has 260 valence electrons. The van der Waals surface area contributed by atoms with Gasteiger partial charge in [0.1, 0.15) is 0 Å². The molecule has 0 aliphatic carbocycles. The van der Waals surface area contributed by atoms with Crippen LogP contribution in [0.4, 0.5) is 0 Å². The van der Waals surface area contributed by atoms with E-state index in [1.165, 1.54) is 117 Å². The molecule has 56 heavy (non-hydrogen) atoms. The summed E-state index contributed by atoms with van der Waals surface area (Å²) in [5.74, 6) is 0. The molecular formula is C54H32S2. The predicted molar refractivity (Wildman–Crippen MR) is 246 cm³/mol. The van der Waals surface area contributed by atoms with Crippen LogP contribution in [0.15, 0.2) is 194 Å². The zero-order valence-electron chi connectivity index (χ0n) is 30.3. The van der Waals surface area contributed by atoms with E-state index in [0.717, 1.165) is 0 Å². The first-order valence-corrected chi connectivity index (χ1v) is 20.8. The second-order valence-corrected chi connectivity index (χ2v) is 16.8. The number of rotatable bonds is 4. The van der Waals surface area contributed by atoms with Gasteiger partial charge < -0.3 is 0 Å². The number of thiophene rings is 2. The van der Waals surface area contributed by atoms with Crippen molar-refractivity contribution >= 4 is 95.3 Å². The van der Waals surface area contributed by atoms with Gasteiger partial charge in [-0.25, -0.2) is 0 Å². The molecule has 0 saturated heterocycles. The third kappa shape index (κ3) is 4.70. The first kappa shape index (κ1) is 31.7. The molecule has 0 atom stereocenters. The summed E-state index contributed by atoms with van der Waals surface area (Å²) in [6.45, 7) is 0. The standard InChI is InChI=1S/C54H32S2/c1-2-14-37-36(13-1)38(46-22-12-24-48-40-16-8-10-26-50(40)56-54(46)48)31-32-45(37)52-43-19-5-3-17-41(43)51(42-18-4-6-20-44(42)52)34-29-27-33(28-30-34)35-21-11-23-47-39-15-7-9-25-49(39)55-53(35)47/h1-32H. The molecule has 0 spiro atoms. The molecule has 0 amide bonds. The second kappa shape index (κ2) is 12.5. The highest BCUT2D eigenvalue weighted by Crippen LogP contribution is 2.48. The summed E-state index contributed by atoms with van der Waals surface area (Å²) in [5.41, 5.74) is 10.2. The van der Waals surface area contributed by atoms with Crippen LogP contribution in [0.3, 0.4) is 0 Å². The fourth-order valence-corrected chi connectivity index (χ4v) is 11.7. The van der Waals surface area contributed by atoms with E-state index in [1.807, 2.05) is 22.7 Å². The molecule has 0 unspecified atom stereocenters. The molecule has 2 heteroatoms. The Bertz CT molecular complexity index is 3470. The molecular weight excluding hydrogens is 713 g/mol. The summed E-state index contributed by atoms with van der Waals surface area (Å²) >= 11 is 3.79. The minimum absolute atomic E-state index is 1.23. The largest absolute Gasteiger partial charge is 0.135 e. The average molecular weight is 745 g/mol. The zero-order valence-corrected chi connectivity index (χ0v) is 31.9. The monoisotopic (exact) mass is 744 g/mol. The summed E-state index contributed by atoms with van der Waals surface area (Å²) in [6.07, 6.45) is 0. The summed E-state index contributed by atoms with van der Waals surface area (Å²) in [4.78, 5) is 0. The first-order chi connectivity index (χ1) is 27.8. The van der Waals surface area contributed by atoms with Crippen molar-refractivity contribution in [1.82, 2.24) is 0 Å². The number of hydrogen-bond donors (Lipinski definition) is 0. The lowest BCUT2D eigenvalue weighted by Gasteiger charge is -2.20. The van der Waals surface area contributed by atoms with Gasteiger partial charge in [-0.3, -0.25) is 0 Å². The van der Waals surface area contributed by atoms with Gasteiger partial charge in [0.2, 0.25) is 0 Å². The summed E-state index contributed by atoms with van der Waals surface area (Å²) in [5, 5.41) is 12.9. The van der Waals surface area contributed by atoms with Crippen molar-refractivity contribution in [2.75, 3.05) is 0 Å². The van der Waals surface area contributed by atoms with E-state index in [4.69, 9.17) is 0 Å². The maximum atomic E-state index is 2.38. The van der Waals surface area contributed by atoms with E-state index < -0.39 is 0 Å². The Hall–Kier alpha value is -6.58. The van der Waals surface area contributed by atoms with Gasteiger partial charge in [0.05, 0.1) is 0 Å². The maximum absolute atomic E-state index is 2.38. The van der Waals surface area contributed by atoms with Crippen molar-refractivity contribution in [3.63, 3.8) is 0 Å². The molecule has 2 heterocycles. The quantitative estimate of drug-likeness (QED) is 0.157. The molecule has 0 bridgehead atoms. The molecule has 0 radical (unpaired) electrons. The summed E-state index contributed by atoms with van der Waals surface area (Å²) in [7, 11) is 0. The first-order valence-electron chi connectivity index (χ1n) is 19.2. The van der Waals surface area contributed by atoms with Crippen LogP contribution in [-0.4, -0.2) is 0 Å². The second-order valence-electron chi connectivity index (χ2n) is 14.7. The van der Waals surface area contributed by atoms with Gasteiger partial charge in [0.25, 0.3) is 0 Å². The molecule has 10 aromatic carbocycles. The Labute approximate surface area is 332 Å². The van der Waals surface area contributed by atoms with Crippen LogP contribution in [0.1, 0.15) is 0 Å². The third-order valence-corrected chi connectivity index (χ3v) is 14.1. The van der Waals surface area contributed by atoms with Gasteiger partial charge in [-0.2, -0.15) is 0 Å². The average Bonchev–Trinajstić information content (AvgIpc) is 3.84. The lowest BCUT2D eigenvalue weighted by Crippen LogP contribution is -1.92. The fraction of sp³-hybridized carbons (Fsp3) is 0. The van der Waals surface area contributed by atoms with Crippen molar-refractivity contribution in [3.8, 4) is 44.5 Å². The van der Waals surface area contributed by atoms with Crippen LogP contribution >= 0.6 is 22.7 Å². The SMILES string of the molecule is c1ccc2c(c1)sc1c(-c3ccc(-c4c5ccccc5c(-c5ccc(-c6cccc7c6sc6ccccc67)c6ccccc56)c5ccccc45)cc3)cccc12. The van der Waals surface area contributed by atoms with E-state index in [9.17, 15) is 0 Å². The minimum atomic E-state index is 1.23. The Morgan fingerprint density at radius 2 is 0.607 bits per heavy atom. The van der Waals surface area contributed by atoms with Crippen LogP contribution in [-0.2, 0) is 0 Å². The maximum Gasteiger partial charge on any atom is 0.0434 e. The molecule has 0 N–H and O–H groups in total. The van der Waals surface area contributed by atoms with Gasteiger partial charge in [-0.05, 0) is 83.4 Å². The zero-order chi connectivity index (χ0) is 36.7. The Balaban J connectivity index is 1.05. The van der Waals surface area contributed by atoms with Gasteiger partial charge in [-0.15, -0.1) is 22.7 Å². The van der Waals surface area contributed by atoms with Crippen LogP contribution in [0, 0.1) is 0 Å². The summed E-state index contributed by atoms with van der Waals surface area (Å²) in [6, 6.07) is 72.1. The molecule has 12 rings (SSSR count). The van der Waals surface area contributed by atoms with Crippen molar-refractivity contribution < 1.29 is 0 Å². The minimum Gasteiger partial charge on any atom is -0.135 e. The van der Waals surface area contributed by atoms with E-state index in [0.29, 0.717) is 0 Å². The number of fused-ring (bicyclic) bond motifs is 9. The van der Waals surface area contributed by atoms with Gasteiger partial charge in [-0.1, -0.05) is 182 Å². The highest BCUT2D eigenvalue weighted by Gasteiger charge is 2.20. The molecule has 0 aliphatic heterocycles. The Morgan fingerprint density at radius 1 is 0.214 bits per heavy atom. The van der Waals surface area contributed by atoms with Gasteiger partial charge >= 0.3 is 0 Å². The highest BCUT2D eigenvalue weighted by molar-refractivity contribution is 7.26. The van der Waals surface area contributed by atoms with Crippen LogP contribution in [0.25, 0.3) is 117 Å². The van der Waals surface area contributed by atoms with E-state index in [1.54, 1.807) is 0 Å². The van der Waals surface area contributed by atoms with Crippen LogP contribution in [0.2, 0.25) is 0 Å². The van der Waals surface area contributed by atoms with Crippen molar-refractivity contribution in [2.45, 2.75) is 0 Å². The molecule has 0 nitrogen and oxygen atoms in total.